The monoisotopic (exact) mass is 515 g/mol. The van der Waals surface area contributed by atoms with E-state index >= 15 is 0 Å². The van der Waals surface area contributed by atoms with E-state index in [9.17, 15) is 21.4 Å². The third kappa shape index (κ3) is 6.46. The Labute approximate surface area is 192 Å². The lowest BCUT2D eigenvalue weighted by molar-refractivity contribution is -0.434. The van der Waals surface area contributed by atoms with Crippen molar-refractivity contribution < 1.29 is 40.2 Å². The highest BCUT2D eigenvalue weighted by Gasteiger charge is 2.15. The van der Waals surface area contributed by atoms with Crippen molar-refractivity contribution in [2.75, 3.05) is 18.1 Å². The minimum atomic E-state index is -4.43. The molecule has 0 saturated heterocycles. The van der Waals surface area contributed by atoms with Gasteiger partial charge >= 0.3 is 0 Å². The van der Waals surface area contributed by atoms with Gasteiger partial charge in [-0.05, 0) is 47.9 Å². The van der Waals surface area contributed by atoms with E-state index in [1.807, 2.05) is 0 Å². The second-order valence-corrected chi connectivity index (χ2v) is 10.4. The lowest BCUT2D eigenvalue weighted by Gasteiger charge is -2.07. The highest BCUT2D eigenvalue weighted by molar-refractivity contribution is 7.91. The summed E-state index contributed by atoms with van der Waals surface area (Å²) in [6.45, 7) is -0.219. The third-order valence-corrected chi connectivity index (χ3v) is 7.22. The molecule has 33 heavy (non-hydrogen) atoms. The van der Waals surface area contributed by atoms with Crippen molar-refractivity contribution in [2.45, 2.75) is 9.79 Å². The summed E-state index contributed by atoms with van der Waals surface area (Å²) in [7, 11) is -8.08. The van der Waals surface area contributed by atoms with Crippen molar-refractivity contribution in [2.24, 2.45) is 10.2 Å². The average molecular weight is 516 g/mol. The predicted octanol–water partition coefficient (Wildman–Crippen LogP) is 3.86. The molecule has 3 aromatic rings. The van der Waals surface area contributed by atoms with E-state index in [0.29, 0.717) is 16.5 Å². The maximum atomic E-state index is 12.3. The summed E-state index contributed by atoms with van der Waals surface area (Å²) in [6, 6.07) is 12.8. The molecule has 0 saturated carbocycles. The second kappa shape index (κ2) is 10.5. The second-order valence-electron chi connectivity index (χ2n) is 6.41. The number of nitrogens with two attached hydrogens (primary N) is 1. The molecule has 0 fully saturated rings. The largest absolute Gasteiger partial charge is 0.397 e. The van der Waals surface area contributed by atoms with E-state index in [4.69, 9.17) is 15.2 Å². The topological polar surface area (TPSA) is 187 Å². The summed E-state index contributed by atoms with van der Waals surface area (Å²) in [4.78, 5) is -0.290. The van der Waals surface area contributed by atoms with Crippen LogP contribution in [0.25, 0.3) is 10.8 Å². The molecule has 15 heteroatoms. The number of rotatable bonds is 10. The van der Waals surface area contributed by atoms with Crippen LogP contribution in [0.3, 0.4) is 0 Å². The van der Waals surface area contributed by atoms with Crippen molar-refractivity contribution >= 4 is 60.1 Å². The Bertz CT molecular complexity index is 1380. The van der Waals surface area contributed by atoms with Crippen molar-refractivity contribution in [3.05, 3.63) is 54.6 Å². The maximum absolute atomic E-state index is 12.3. The Morgan fingerprint density at radius 3 is 2.27 bits per heavy atom. The molecule has 0 aliphatic heterocycles. The Morgan fingerprint density at radius 2 is 1.61 bits per heavy atom. The number of anilines is 1. The zero-order valence-electron chi connectivity index (χ0n) is 16.6. The molecule has 12 nitrogen and oxygen atoms in total. The number of sulfone groups is 1. The van der Waals surface area contributed by atoms with E-state index in [0.717, 1.165) is 0 Å². The highest BCUT2D eigenvalue weighted by Crippen LogP contribution is 2.35. The van der Waals surface area contributed by atoms with Crippen LogP contribution in [0.5, 0.6) is 0 Å². The van der Waals surface area contributed by atoms with Crippen LogP contribution in [0, 0.1) is 0 Å². The van der Waals surface area contributed by atoms with Crippen LogP contribution in [0.4, 0.5) is 17.1 Å². The molecule has 0 radical (unpaired) electrons. The quantitative estimate of drug-likeness (QED) is 0.0676. The van der Waals surface area contributed by atoms with Crippen molar-refractivity contribution in [1.29, 1.82) is 0 Å². The van der Waals surface area contributed by atoms with Crippen LogP contribution in [0.15, 0.2) is 74.6 Å². The fourth-order valence-electron chi connectivity index (χ4n) is 2.73. The van der Waals surface area contributed by atoms with Gasteiger partial charge in [-0.2, -0.15) is 13.5 Å². The van der Waals surface area contributed by atoms with Crippen LogP contribution in [-0.2, 0) is 33.5 Å². The number of nitrogen functional groups attached to an aromatic ring is 1. The summed E-state index contributed by atoms with van der Waals surface area (Å²) in [5.41, 5.74) is 6.72. The Morgan fingerprint density at radius 1 is 0.939 bits per heavy atom. The summed E-state index contributed by atoms with van der Waals surface area (Å²) in [6.07, 6.45) is 0. The van der Waals surface area contributed by atoms with Gasteiger partial charge in [0.1, 0.15) is 5.69 Å². The molecule has 0 spiro atoms. The fourth-order valence-corrected chi connectivity index (χ4v) is 4.64. The van der Waals surface area contributed by atoms with Gasteiger partial charge in [0.05, 0.1) is 33.5 Å². The van der Waals surface area contributed by atoms with Crippen LogP contribution in [0.2, 0.25) is 0 Å². The predicted molar refractivity (Wildman–Crippen MR) is 119 cm³/mol. The maximum Gasteiger partial charge on any atom is 0.294 e. The molecule has 0 amide bonds. The number of fused-ring (bicyclic) bond motifs is 1. The van der Waals surface area contributed by atoms with Gasteiger partial charge in [-0.1, -0.05) is 17.2 Å². The Hall–Kier alpha value is -2.63. The smallest absolute Gasteiger partial charge is 0.294 e. The molecule has 3 rings (SSSR count). The Balaban J connectivity index is 1.82. The van der Waals surface area contributed by atoms with Crippen molar-refractivity contribution in [1.82, 2.24) is 0 Å². The van der Waals surface area contributed by atoms with Crippen molar-refractivity contribution in [3.63, 3.8) is 0 Å². The molecule has 0 aliphatic carbocycles. The van der Waals surface area contributed by atoms with Crippen LogP contribution in [-0.4, -0.2) is 39.0 Å². The number of hydrogen-bond acceptors (Lipinski definition) is 12. The molecule has 0 atom stereocenters. The first-order valence-corrected chi connectivity index (χ1v) is 12.7. The number of azo groups is 1. The van der Waals surface area contributed by atoms with E-state index in [1.54, 1.807) is 12.1 Å². The zero-order chi connectivity index (χ0) is 24.1. The zero-order valence-corrected chi connectivity index (χ0v) is 19.0. The SMILES string of the molecule is Nc1ccc2ccc(S(=O)(=O)O)cc2c1N=Nc1ccc(S(=O)(=O)CCOSOOO)cc1. The van der Waals surface area contributed by atoms with Crippen LogP contribution >= 0.6 is 12.3 Å². The van der Waals surface area contributed by atoms with Gasteiger partial charge in [0.2, 0.25) is 0 Å². The van der Waals surface area contributed by atoms with Gasteiger partial charge in [0.15, 0.2) is 22.2 Å². The molecule has 4 N–H and O–H groups in total. The minimum Gasteiger partial charge on any atom is -0.397 e. The van der Waals surface area contributed by atoms with E-state index in [-0.39, 0.29) is 45.8 Å². The lowest BCUT2D eigenvalue weighted by atomic mass is 10.1. The molecule has 176 valence electrons. The third-order valence-electron chi connectivity index (χ3n) is 4.30. The van der Waals surface area contributed by atoms with E-state index < -0.39 is 20.0 Å². The average Bonchev–Trinajstić information content (AvgIpc) is 2.77. The highest BCUT2D eigenvalue weighted by atomic mass is 32.2. The first kappa shape index (κ1) is 25.0. The molecular weight excluding hydrogens is 498 g/mol. The summed E-state index contributed by atoms with van der Waals surface area (Å²) in [5.74, 6) is -0.349. The van der Waals surface area contributed by atoms with Gasteiger partial charge < -0.3 is 5.73 Å². The van der Waals surface area contributed by atoms with Gasteiger partial charge in [0, 0.05) is 5.39 Å². The Kier molecular flexibility index (Phi) is 7.98. The summed E-state index contributed by atoms with van der Waals surface area (Å²) in [5, 5.41) is 20.4. The van der Waals surface area contributed by atoms with Gasteiger partial charge in [0.25, 0.3) is 10.1 Å². The molecule has 0 heterocycles. The van der Waals surface area contributed by atoms with Crippen LogP contribution in [0.1, 0.15) is 0 Å². The fraction of sp³-hybridized carbons (Fsp3) is 0.111. The number of benzene rings is 3. The number of hydrogen-bond donors (Lipinski definition) is 3. The van der Waals surface area contributed by atoms with E-state index in [1.165, 1.54) is 42.5 Å². The summed E-state index contributed by atoms with van der Waals surface area (Å²) >= 11 is 0.279. The molecule has 0 bridgehead atoms. The molecular formula is C18H17N3O9S3. The molecule has 0 aromatic heterocycles. The first-order chi connectivity index (χ1) is 15.6. The van der Waals surface area contributed by atoms with Crippen molar-refractivity contribution in [3.8, 4) is 0 Å². The molecule has 0 unspecified atom stereocenters. The summed E-state index contributed by atoms with van der Waals surface area (Å²) < 4.78 is 65.6. The van der Waals surface area contributed by atoms with Gasteiger partial charge in [-0.15, -0.1) is 9.45 Å². The number of nitrogens with zero attached hydrogens (tertiary/aromatic N) is 2. The lowest BCUT2D eigenvalue weighted by Crippen LogP contribution is -2.10. The molecule has 0 aliphatic rings. The van der Waals surface area contributed by atoms with Gasteiger partial charge in [-0.25, -0.2) is 13.7 Å². The van der Waals surface area contributed by atoms with Crippen LogP contribution < -0.4 is 5.73 Å². The standard InChI is InChI=1S/C18H17N3O9S3/c19-17-8-2-12-1-5-15(33(25,26)27)11-16(12)18(17)21-20-13-3-6-14(7-4-13)32(23,24)10-9-28-31-30-29-22/h1-8,11,22H,9-10,19H2,(H,25,26,27). The van der Waals surface area contributed by atoms with E-state index in [2.05, 4.69) is 19.6 Å². The minimum absolute atomic E-state index is 0.0249. The molecule has 3 aromatic carbocycles. The van der Waals surface area contributed by atoms with Gasteiger partial charge in [-0.3, -0.25) is 8.74 Å². The normalized spacial score (nSPS) is 12.5. The first-order valence-electron chi connectivity index (χ1n) is 8.92.